The number of hydrogen-bond acceptors (Lipinski definition) is 2. The number of methoxy groups -OCH3 is 1. The molecule has 0 fully saturated rings. The molecule has 16 heavy (non-hydrogen) atoms. The van der Waals surface area contributed by atoms with E-state index >= 15 is 0 Å². The lowest BCUT2D eigenvalue weighted by atomic mass is 9.79. The molecule has 1 rings (SSSR count). The van der Waals surface area contributed by atoms with Gasteiger partial charge in [0.25, 0.3) is 0 Å². The summed E-state index contributed by atoms with van der Waals surface area (Å²) in [7, 11) is 1.32. The van der Waals surface area contributed by atoms with Crippen LogP contribution in [0.15, 0.2) is 18.2 Å². The Bertz CT molecular complexity index is 364. The van der Waals surface area contributed by atoms with Gasteiger partial charge in [-0.25, -0.2) is 0 Å². The minimum Gasteiger partial charge on any atom is -0.497 e. The number of rotatable bonds is 4. The maximum Gasteiger partial charge on any atom is 0.513 e. The molecule has 0 radical (unpaired) electrons. The van der Waals surface area contributed by atoms with E-state index in [0.29, 0.717) is 0 Å². The average Bonchev–Trinajstić information content (AvgIpc) is 2.15. The van der Waals surface area contributed by atoms with E-state index in [1.807, 2.05) is 0 Å². The van der Waals surface area contributed by atoms with Crippen molar-refractivity contribution < 1.29 is 22.4 Å². The first-order valence-corrected chi connectivity index (χ1v) is 4.89. The molecule has 0 spiro atoms. The van der Waals surface area contributed by atoms with Gasteiger partial charge in [-0.3, -0.25) is 0 Å². The summed E-state index contributed by atoms with van der Waals surface area (Å²) in [6.45, 7) is -1.74. The smallest absolute Gasteiger partial charge is 0.497 e. The van der Waals surface area contributed by atoms with Crippen LogP contribution in [0.4, 0.5) is 12.9 Å². The lowest BCUT2D eigenvalue weighted by molar-refractivity contribution is 0.243. The molecule has 0 aliphatic carbocycles. The molecular weight excluding hydrogens is 220 g/mol. The summed E-state index contributed by atoms with van der Waals surface area (Å²) in [5, 5.41) is 0. The van der Waals surface area contributed by atoms with Gasteiger partial charge < -0.3 is 22.4 Å². The van der Waals surface area contributed by atoms with Crippen LogP contribution in [0, 0.1) is 0 Å². The fraction of sp³-hybridized carbons (Fsp3) is 0.400. The minimum atomic E-state index is -5.10. The second-order valence-corrected chi connectivity index (χ2v) is 3.65. The Morgan fingerprint density at radius 2 is 1.81 bits per heavy atom. The fourth-order valence-electron chi connectivity index (χ4n) is 1.27. The average molecular weight is 233 g/mol. The second-order valence-electron chi connectivity index (χ2n) is 3.65. The van der Waals surface area contributed by atoms with E-state index in [1.54, 1.807) is 13.8 Å². The second kappa shape index (κ2) is 4.68. The summed E-state index contributed by atoms with van der Waals surface area (Å²) >= 11 is 0. The summed E-state index contributed by atoms with van der Waals surface area (Å²) < 4.78 is 48.1. The Kier molecular flexibility index (Phi) is 3.72. The lowest BCUT2D eigenvalue weighted by Gasteiger charge is -2.22. The van der Waals surface area contributed by atoms with Crippen molar-refractivity contribution in [3.8, 4) is 11.5 Å². The van der Waals surface area contributed by atoms with E-state index in [2.05, 4.69) is 0 Å². The van der Waals surface area contributed by atoms with Gasteiger partial charge in [0, 0.05) is 0 Å². The van der Waals surface area contributed by atoms with Crippen LogP contribution in [0.5, 0.6) is 11.5 Å². The Labute approximate surface area is 92.4 Å². The molecule has 90 valence electrons. The highest BCUT2D eigenvalue weighted by Gasteiger charge is 2.30. The van der Waals surface area contributed by atoms with Crippen LogP contribution in [0.3, 0.4) is 0 Å². The van der Waals surface area contributed by atoms with Crippen molar-refractivity contribution in [1.82, 2.24) is 0 Å². The maximum atomic E-state index is 12.7. The van der Waals surface area contributed by atoms with E-state index in [0.717, 1.165) is 6.07 Å². The SMILES string of the molecule is COc1ccc(OC(C)C)c([B-](F)(F)F)c1. The lowest BCUT2D eigenvalue weighted by Crippen LogP contribution is -2.36. The van der Waals surface area contributed by atoms with Crippen LogP contribution in [0.1, 0.15) is 13.8 Å². The summed E-state index contributed by atoms with van der Waals surface area (Å²) in [6, 6.07) is 3.68. The standard InChI is InChI=1S/C10H13BF3O2/c1-7(2)16-10-5-4-8(15-3)6-9(10)11(12,13)14/h4-7H,1-3H3/q-1. The molecule has 0 unspecified atom stereocenters. The van der Waals surface area contributed by atoms with Crippen LogP contribution in [0.25, 0.3) is 0 Å². The Balaban J connectivity index is 3.17. The van der Waals surface area contributed by atoms with Crippen molar-refractivity contribution >= 4 is 12.4 Å². The highest BCUT2D eigenvalue weighted by Crippen LogP contribution is 2.22. The molecule has 0 aromatic heterocycles. The van der Waals surface area contributed by atoms with Crippen molar-refractivity contribution in [2.45, 2.75) is 20.0 Å². The topological polar surface area (TPSA) is 18.5 Å². The first-order chi connectivity index (χ1) is 7.34. The third-order valence-electron chi connectivity index (χ3n) is 1.93. The van der Waals surface area contributed by atoms with Crippen molar-refractivity contribution in [2.24, 2.45) is 0 Å². The Morgan fingerprint density at radius 1 is 1.19 bits per heavy atom. The maximum absolute atomic E-state index is 12.7. The van der Waals surface area contributed by atoms with E-state index in [9.17, 15) is 12.9 Å². The van der Waals surface area contributed by atoms with Crippen LogP contribution in [-0.4, -0.2) is 20.2 Å². The fourth-order valence-corrected chi connectivity index (χ4v) is 1.27. The molecule has 0 atom stereocenters. The molecule has 1 aromatic carbocycles. The van der Waals surface area contributed by atoms with Crippen molar-refractivity contribution in [3.05, 3.63) is 18.2 Å². The summed E-state index contributed by atoms with van der Waals surface area (Å²) in [6.07, 6.45) is -0.301. The number of benzene rings is 1. The third kappa shape index (κ3) is 3.08. The monoisotopic (exact) mass is 233 g/mol. The van der Waals surface area contributed by atoms with Crippen molar-refractivity contribution in [1.29, 1.82) is 0 Å². The van der Waals surface area contributed by atoms with E-state index in [1.165, 1.54) is 19.2 Å². The normalized spacial score (nSPS) is 11.7. The van der Waals surface area contributed by atoms with Crippen molar-refractivity contribution in [3.63, 3.8) is 0 Å². The molecule has 0 aliphatic heterocycles. The highest BCUT2D eigenvalue weighted by molar-refractivity contribution is 6.74. The Hall–Kier alpha value is -1.33. The van der Waals surface area contributed by atoms with Gasteiger partial charge >= 0.3 is 6.98 Å². The first-order valence-electron chi connectivity index (χ1n) is 4.89. The molecule has 2 nitrogen and oxygen atoms in total. The first kappa shape index (κ1) is 12.7. The zero-order valence-electron chi connectivity index (χ0n) is 9.34. The van der Waals surface area contributed by atoms with E-state index in [-0.39, 0.29) is 17.6 Å². The number of ether oxygens (including phenoxy) is 2. The molecule has 0 heterocycles. The van der Waals surface area contributed by atoms with Gasteiger partial charge in [-0.1, -0.05) is 5.46 Å². The quantitative estimate of drug-likeness (QED) is 0.744. The van der Waals surface area contributed by atoms with Crippen LogP contribution >= 0.6 is 0 Å². The number of halogens is 3. The molecule has 0 bridgehead atoms. The summed E-state index contributed by atoms with van der Waals surface area (Å²) in [5.74, 6) is 0.0219. The predicted octanol–water partition coefficient (Wildman–Crippen LogP) is 2.54. The zero-order chi connectivity index (χ0) is 12.3. The van der Waals surface area contributed by atoms with Crippen LogP contribution in [-0.2, 0) is 0 Å². The molecule has 0 amide bonds. The van der Waals surface area contributed by atoms with Gasteiger partial charge in [-0.05, 0) is 32.0 Å². The summed E-state index contributed by atoms with van der Waals surface area (Å²) in [4.78, 5) is 0. The molecule has 0 saturated carbocycles. The largest absolute Gasteiger partial charge is 0.513 e. The van der Waals surface area contributed by atoms with Crippen LogP contribution in [0.2, 0.25) is 0 Å². The molecule has 0 N–H and O–H groups in total. The van der Waals surface area contributed by atoms with Gasteiger partial charge in [0.05, 0.1) is 19.0 Å². The highest BCUT2D eigenvalue weighted by atomic mass is 19.4. The molecule has 1 aromatic rings. The minimum absolute atomic E-state index is 0.150. The van der Waals surface area contributed by atoms with E-state index < -0.39 is 12.4 Å². The molecular formula is C10H13BF3O2-. The van der Waals surface area contributed by atoms with Gasteiger partial charge in [0.1, 0.15) is 5.75 Å². The van der Waals surface area contributed by atoms with Gasteiger partial charge in [0.15, 0.2) is 0 Å². The Morgan fingerprint density at radius 3 is 2.25 bits per heavy atom. The predicted molar refractivity (Wildman–Crippen MR) is 57.5 cm³/mol. The third-order valence-corrected chi connectivity index (χ3v) is 1.93. The molecule has 0 saturated heterocycles. The summed E-state index contributed by atoms with van der Waals surface area (Å²) in [5.41, 5.74) is -0.756. The zero-order valence-corrected chi connectivity index (χ0v) is 9.34. The van der Waals surface area contributed by atoms with Gasteiger partial charge in [-0.2, -0.15) is 0 Å². The molecule has 0 aliphatic rings. The van der Waals surface area contributed by atoms with Gasteiger partial charge in [-0.15, -0.1) is 0 Å². The number of hydrogen-bond donors (Lipinski definition) is 0. The van der Waals surface area contributed by atoms with Gasteiger partial charge in [0.2, 0.25) is 0 Å². The van der Waals surface area contributed by atoms with Crippen LogP contribution < -0.4 is 14.9 Å². The van der Waals surface area contributed by atoms with Crippen molar-refractivity contribution in [2.75, 3.05) is 7.11 Å². The molecule has 6 heteroatoms. The van der Waals surface area contributed by atoms with E-state index in [4.69, 9.17) is 9.47 Å².